The van der Waals surface area contributed by atoms with Gasteiger partial charge in [0.2, 0.25) is 0 Å². The maximum absolute atomic E-state index is 11.9. The molecule has 0 bridgehead atoms. The second-order valence-corrected chi connectivity index (χ2v) is 4.39. The van der Waals surface area contributed by atoms with E-state index in [9.17, 15) is 4.79 Å². The van der Waals surface area contributed by atoms with Gasteiger partial charge in [-0.3, -0.25) is 4.79 Å². The topological polar surface area (TPSA) is 46.1 Å². The van der Waals surface area contributed by atoms with E-state index in [1.165, 1.54) is 0 Å². The third-order valence-corrected chi connectivity index (χ3v) is 2.66. The minimum absolute atomic E-state index is 0.0542. The summed E-state index contributed by atoms with van der Waals surface area (Å²) in [5, 5.41) is 6.54. The lowest BCUT2D eigenvalue weighted by molar-refractivity contribution is 0.0944. The van der Waals surface area contributed by atoms with E-state index in [-0.39, 0.29) is 5.91 Å². The highest BCUT2D eigenvalue weighted by molar-refractivity contribution is 6.31. The van der Waals surface area contributed by atoms with Crippen LogP contribution in [0, 0.1) is 0 Å². The molecular weight excluding hydrogens is 238 g/mol. The van der Waals surface area contributed by atoms with E-state index in [0.29, 0.717) is 17.3 Å². The van der Waals surface area contributed by atoms with Gasteiger partial charge >= 0.3 is 0 Å². The van der Waals surface area contributed by atoms with Crippen molar-refractivity contribution in [3.05, 3.63) is 23.0 Å². The van der Waals surface area contributed by atoms with Crippen LogP contribution in [-0.4, -0.2) is 30.6 Å². The van der Waals surface area contributed by atoms with E-state index in [1.807, 2.05) is 11.6 Å². The van der Waals surface area contributed by atoms with Crippen molar-refractivity contribution in [2.45, 2.75) is 26.3 Å². The fourth-order valence-corrected chi connectivity index (χ4v) is 1.87. The molecule has 1 aromatic heterocycles. The minimum atomic E-state index is -0.0542. The summed E-state index contributed by atoms with van der Waals surface area (Å²) in [5.74, 6) is -0.0542. The highest BCUT2D eigenvalue weighted by atomic mass is 35.5. The van der Waals surface area contributed by atoms with Gasteiger partial charge in [0.15, 0.2) is 0 Å². The van der Waals surface area contributed by atoms with Crippen LogP contribution in [0.2, 0.25) is 5.02 Å². The monoisotopic (exact) mass is 257 g/mol. The van der Waals surface area contributed by atoms with Crippen LogP contribution in [-0.2, 0) is 6.54 Å². The fraction of sp³-hybridized carbons (Fsp3) is 0.583. The number of nitrogens with zero attached hydrogens (tertiary/aromatic N) is 1. The van der Waals surface area contributed by atoms with Crippen LogP contribution in [0.25, 0.3) is 0 Å². The van der Waals surface area contributed by atoms with Crippen molar-refractivity contribution in [2.75, 3.05) is 20.1 Å². The van der Waals surface area contributed by atoms with Crippen LogP contribution >= 0.6 is 11.6 Å². The van der Waals surface area contributed by atoms with E-state index in [2.05, 4.69) is 17.6 Å². The molecule has 1 rings (SSSR count). The number of amides is 1. The van der Waals surface area contributed by atoms with Crippen molar-refractivity contribution in [1.82, 2.24) is 15.2 Å². The Kier molecular flexibility index (Phi) is 6.08. The Morgan fingerprint density at radius 1 is 1.47 bits per heavy atom. The molecule has 0 aliphatic rings. The maximum Gasteiger partial charge on any atom is 0.267 e. The zero-order valence-electron chi connectivity index (χ0n) is 10.4. The lowest BCUT2D eigenvalue weighted by Crippen LogP contribution is -2.28. The van der Waals surface area contributed by atoms with Gasteiger partial charge in [0.25, 0.3) is 5.91 Å². The van der Waals surface area contributed by atoms with Gasteiger partial charge in [-0.05, 0) is 32.5 Å². The molecule has 0 aromatic carbocycles. The molecular formula is C12H20ClN3O. The Bertz CT molecular complexity index is 363. The first kappa shape index (κ1) is 14.1. The molecule has 5 heteroatoms. The molecule has 1 amide bonds. The van der Waals surface area contributed by atoms with Crippen LogP contribution in [0.3, 0.4) is 0 Å². The normalized spacial score (nSPS) is 10.5. The van der Waals surface area contributed by atoms with Crippen LogP contribution in [0.15, 0.2) is 12.3 Å². The first-order valence-corrected chi connectivity index (χ1v) is 6.35. The van der Waals surface area contributed by atoms with E-state index in [0.717, 1.165) is 25.9 Å². The molecule has 0 radical (unpaired) electrons. The molecule has 0 fully saturated rings. The van der Waals surface area contributed by atoms with Gasteiger partial charge in [0, 0.05) is 19.3 Å². The summed E-state index contributed by atoms with van der Waals surface area (Å²) in [6.07, 6.45) is 3.70. The van der Waals surface area contributed by atoms with Crippen LogP contribution in [0.4, 0.5) is 0 Å². The molecule has 1 heterocycles. The Hall–Kier alpha value is -1.00. The summed E-state index contributed by atoms with van der Waals surface area (Å²) in [5.41, 5.74) is 0.640. The highest BCUT2D eigenvalue weighted by Gasteiger charge is 2.11. The predicted molar refractivity (Wildman–Crippen MR) is 70.6 cm³/mol. The van der Waals surface area contributed by atoms with Gasteiger partial charge in [-0.2, -0.15) is 0 Å². The number of aryl methyl sites for hydroxylation is 1. The number of halogens is 1. The number of carbonyl (C=O) groups is 1. The smallest absolute Gasteiger partial charge is 0.267 e. The summed E-state index contributed by atoms with van der Waals surface area (Å²) >= 11 is 5.92. The largest absolute Gasteiger partial charge is 0.351 e. The first-order valence-electron chi connectivity index (χ1n) is 5.97. The Morgan fingerprint density at radius 3 is 2.88 bits per heavy atom. The fourth-order valence-electron chi connectivity index (χ4n) is 1.65. The minimum Gasteiger partial charge on any atom is -0.351 e. The molecule has 0 saturated carbocycles. The molecule has 0 spiro atoms. The van der Waals surface area contributed by atoms with Crippen molar-refractivity contribution in [3.63, 3.8) is 0 Å². The number of hydrogen-bond acceptors (Lipinski definition) is 2. The van der Waals surface area contributed by atoms with Crippen molar-refractivity contribution in [1.29, 1.82) is 0 Å². The van der Waals surface area contributed by atoms with Gasteiger partial charge in [-0.25, -0.2) is 0 Å². The molecule has 0 unspecified atom stereocenters. The maximum atomic E-state index is 11.9. The summed E-state index contributed by atoms with van der Waals surface area (Å²) in [7, 11) is 1.90. The standard InChI is InChI=1S/C12H20ClN3O/c1-3-7-16-9-10(13)8-11(16)12(17)15-6-4-5-14-2/h8-9,14H,3-7H2,1-2H3,(H,15,17). The molecule has 1 aromatic rings. The molecule has 0 aliphatic heterocycles. The van der Waals surface area contributed by atoms with Gasteiger partial charge in [0.05, 0.1) is 5.02 Å². The molecule has 0 aliphatic carbocycles. The highest BCUT2D eigenvalue weighted by Crippen LogP contribution is 2.14. The van der Waals surface area contributed by atoms with Crippen LogP contribution < -0.4 is 10.6 Å². The molecule has 96 valence electrons. The average molecular weight is 258 g/mol. The van der Waals surface area contributed by atoms with E-state index in [1.54, 1.807) is 12.3 Å². The quantitative estimate of drug-likeness (QED) is 0.733. The van der Waals surface area contributed by atoms with Crippen molar-refractivity contribution < 1.29 is 4.79 Å². The van der Waals surface area contributed by atoms with Gasteiger partial charge in [0.1, 0.15) is 5.69 Å². The molecule has 2 N–H and O–H groups in total. The zero-order chi connectivity index (χ0) is 12.7. The van der Waals surface area contributed by atoms with Gasteiger partial charge in [-0.15, -0.1) is 0 Å². The number of hydrogen-bond donors (Lipinski definition) is 2. The van der Waals surface area contributed by atoms with Crippen molar-refractivity contribution in [2.24, 2.45) is 0 Å². The predicted octanol–water partition coefficient (Wildman–Crippen LogP) is 1.89. The summed E-state index contributed by atoms with van der Waals surface area (Å²) in [6, 6.07) is 1.71. The number of nitrogens with one attached hydrogen (secondary N) is 2. The Balaban J connectivity index is 2.55. The lowest BCUT2D eigenvalue weighted by atomic mass is 10.3. The summed E-state index contributed by atoms with van der Waals surface area (Å²) < 4.78 is 1.90. The summed E-state index contributed by atoms with van der Waals surface area (Å²) in [6.45, 7) is 4.46. The second kappa shape index (κ2) is 7.35. The molecule has 4 nitrogen and oxygen atoms in total. The van der Waals surface area contributed by atoms with Crippen molar-refractivity contribution in [3.8, 4) is 0 Å². The van der Waals surface area contributed by atoms with Crippen LogP contribution in [0.1, 0.15) is 30.3 Å². The van der Waals surface area contributed by atoms with E-state index < -0.39 is 0 Å². The Morgan fingerprint density at radius 2 is 2.24 bits per heavy atom. The second-order valence-electron chi connectivity index (χ2n) is 3.95. The van der Waals surface area contributed by atoms with Gasteiger partial charge < -0.3 is 15.2 Å². The third kappa shape index (κ3) is 4.40. The summed E-state index contributed by atoms with van der Waals surface area (Å²) in [4.78, 5) is 11.9. The third-order valence-electron chi connectivity index (χ3n) is 2.45. The van der Waals surface area contributed by atoms with Crippen LogP contribution in [0.5, 0.6) is 0 Å². The van der Waals surface area contributed by atoms with E-state index >= 15 is 0 Å². The van der Waals surface area contributed by atoms with Gasteiger partial charge in [-0.1, -0.05) is 18.5 Å². The SMILES string of the molecule is CCCn1cc(Cl)cc1C(=O)NCCCNC. The van der Waals surface area contributed by atoms with Crippen molar-refractivity contribution >= 4 is 17.5 Å². The molecule has 17 heavy (non-hydrogen) atoms. The number of aromatic nitrogens is 1. The van der Waals surface area contributed by atoms with E-state index in [4.69, 9.17) is 11.6 Å². The zero-order valence-corrected chi connectivity index (χ0v) is 11.2. The lowest BCUT2D eigenvalue weighted by Gasteiger charge is -2.08. The number of carbonyl (C=O) groups excluding carboxylic acids is 1. The molecule has 0 saturated heterocycles. The molecule has 0 atom stereocenters. The Labute approximate surface area is 107 Å². The number of rotatable bonds is 7. The first-order chi connectivity index (χ1) is 8.19. The average Bonchev–Trinajstić information content (AvgIpc) is 2.66.